The summed E-state index contributed by atoms with van der Waals surface area (Å²) in [5, 5.41) is 0. The first kappa shape index (κ1) is 16.8. The third-order valence-corrected chi connectivity index (χ3v) is 6.79. The summed E-state index contributed by atoms with van der Waals surface area (Å²) in [5.41, 5.74) is 0.834. The van der Waals surface area contributed by atoms with Crippen molar-refractivity contribution in [2.24, 2.45) is 17.3 Å². The third kappa shape index (κ3) is 2.71. The molecule has 4 heteroatoms. The Morgan fingerprint density at radius 1 is 1.24 bits per heavy atom. The molecule has 2 saturated carbocycles. The van der Waals surface area contributed by atoms with E-state index in [1.54, 1.807) is 0 Å². The zero-order valence-electron chi connectivity index (χ0n) is 14.9. The molecule has 0 aromatic heterocycles. The van der Waals surface area contributed by atoms with E-state index in [4.69, 9.17) is 4.74 Å². The number of carbonyl (C=O) groups is 2. The van der Waals surface area contributed by atoms with Crippen LogP contribution in [0.3, 0.4) is 0 Å². The number of Topliss-reactive ketones (excluding diaryl/α,β-unsaturated/α-hetero) is 1. The van der Waals surface area contributed by atoms with Crippen LogP contribution in [0.2, 0.25) is 0 Å². The minimum atomic E-state index is -0.445. The number of ketones is 1. The molecule has 2 aliphatic carbocycles. The van der Waals surface area contributed by atoms with Crippen molar-refractivity contribution in [3.05, 3.63) is 35.9 Å². The van der Waals surface area contributed by atoms with Crippen LogP contribution in [-0.4, -0.2) is 36.3 Å². The maximum atomic E-state index is 12.8. The van der Waals surface area contributed by atoms with E-state index >= 15 is 0 Å². The van der Waals surface area contributed by atoms with E-state index in [1.807, 2.05) is 6.07 Å². The number of methoxy groups -OCH3 is 1. The Labute approximate surface area is 149 Å². The second-order valence-electron chi connectivity index (χ2n) is 7.97. The lowest BCUT2D eigenvalue weighted by Gasteiger charge is -2.45. The lowest BCUT2D eigenvalue weighted by molar-refractivity contribution is -0.162. The van der Waals surface area contributed by atoms with Crippen LogP contribution in [0.5, 0.6) is 0 Å². The molecule has 4 atom stereocenters. The molecule has 1 aliphatic heterocycles. The first-order valence-electron chi connectivity index (χ1n) is 9.55. The Morgan fingerprint density at radius 3 is 2.76 bits per heavy atom. The molecular formula is C21H27NO3. The Morgan fingerprint density at radius 2 is 2.00 bits per heavy atom. The lowest BCUT2D eigenvalue weighted by Crippen LogP contribution is -2.50. The maximum Gasteiger partial charge on any atom is 0.312 e. The van der Waals surface area contributed by atoms with Crippen LogP contribution in [0.4, 0.5) is 0 Å². The molecule has 0 N–H and O–H groups in total. The van der Waals surface area contributed by atoms with Crippen LogP contribution in [0.25, 0.3) is 0 Å². The highest BCUT2D eigenvalue weighted by Crippen LogP contribution is 2.56. The lowest BCUT2D eigenvalue weighted by atomic mass is 9.60. The summed E-state index contributed by atoms with van der Waals surface area (Å²) in [6.07, 6.45) is 5.26. The van der Waals surface area contributed by atoms with Gasteiger partial charge in [-0.05, 0) is 31.2 Å². The molecule has 0 unspecified atom stereocenters. The average molecular weight is 341 g/mol. The van der Waals surface area contributed by atoms with Gasteiger partial charge in [-0.25, -0.2) is 0 Å². The van der Waals surface area contributed by atoms with Gasteiger partial charge in [-0.3, -0.25) is 14.5 Å². The standard InChI is InChI=1S/C21H27NO3/c1-25-20(24)21-11-5-9-17-19(21)16(18(23)10-6-12-21)14-22(17)13-15-7-3-2-4-8-15/h2-4,7-8,16-17,19H,5-6,9-14H2,1H3/t16-,17+,19+,21-/m0/s1. The minimum absolute atomic E-state index is 0.00406. The van der Waals surface area contributed by atoms with Gasteiger partial charge in [0.05, 0.1) is 12.5 Å². The Bertz CT molecular complexity index is 658. The van der Waals surface area contributed by atoms with Crippen LogP contribution < -0.4 is 0 Å². The summed E-state index contributed by atoms with van der Waals surface area (Å²) in [6.45, 7) is 1.66. The average Bonchev–Trinajstić information content (AvgIpc) is 2.94. The quantitative estimate of drug-likeness (QED) is 0.792. The molecule has 1 aromatic rings. The van der Waals surface area contributed by atoms with E-state index in [-0.39, 0.29) is 17.8 Å². The van der Waals surface area contributed by atoms with Crippen molar-refractivity contribution in [3.63, 3.8) is 0 Å². The number of carbonyl (C=O) groups excluding carboxylic acids is 2. The summed E-state index contributed by atoms with van der Waals surface area (Å²) >= 11 is 0. The number of hydrogen-bond acceptors (Lipinski definition) is 4. The van der Waals surface area contributed by atoms with Crippen molar-refractivity contribution >= 4 is 11.8 Å². The topological polar surface area (TPSA) is 46.6 Å². The highest BCUT2D eigenvalue weighted by atomic mass is 16.5. The van der Waals surface area contributed by atoms with E-state index in [2.05, 4.69) is 29.2 Å². The minimum Gasteiger partial charge on any atom is -0.469 e. The van der Waals surface area contributed by atoms with Crippen molar-refractivity contribution in [2.75, 3.05) is 13.7 Å². The molecule has 4 rings (SSSR count). The number of ether oxygens (including phenoxy) is 1. The van der Waals surface area contributed by atoms with E-state index in [0.717, 1.165) is 45.2 Å². The molecule has 4 nitrogen and oxygen atoms in total. The molecule has 25 heavy (non-hydrogen) atoms. The molecule has 0 bridgehead atoms. The van der Waals surface area contributed by atoms with Crippen LogP contribution in [0, 0.1) is 17.3 Å². The smallest absolute Gasteiger partial charge is 0.312 e. The fourth-order valence-electron chi connectivity index (χ4n) is 5.81. The Balaban J connectivity index is 1.68. The van der Waals surface area contributed by atoms with E-state index in [1.165, 1.54) is 12.7 Å². The fraction of sp³-hybridized carbons (Fsp3) is 0.619. The molecule has 0 spiro atoms. The molecule has 0 amide bonds. The SMILES string of the molecule is COC(=O)[C@]12CCCC(=O)[C@@H]3CN(Cc4ccccc4)[C@H](CCC1)[C@@H]32. The Kier molecular flexibility index (Phi) is 4.40. The second-order valence-corrected chi connectivity index (χ2v) is 7.97. The summed E-state index contributed by atoms with van der Waals surface area (Å²) in [5.74, 6) is 0.407. The summed E-state index contributed by atoms with van der Waals surface area (Å²) in [7, 11) is 1.50. The summed E-state index contributed by atoms with van der Waals surface area (Å²) in [6, 6.07) is 10.8. The highest BCUT2D eigenvalue weighted by Gasteiger charge is 2.60. The second kappa shape index (κ2) is 6.56. The predicted molar refractivity (Wildman–Crippen MR) is 94.8 cm³/mol. The van der Waals surface area contributed by atoms with Crippen LogP contribution in [0.15, 0.2) is 30.3 Å². The van der Waals surface area contributed by atoms with Gasteiger partial charge >= 0.3 is 5.97 Å². The Hall–Kier alpha value is -1.68. The molecule has 1 heterocycles. The number of likely N-dealkylation sites (tertiary alicyclic amines) is 1. The van der Waals surface area contributed by atoms with Gasteiger partial charge in [0.25, 0.3) is 0 Å². The molecule has 1 aromatic carbocycles. The van der Waals surface area contributed by atoms with Crippen LogP contribution >= 0.6 is 0 Å². The first-order valence-corrected chi connectivity index (χ1v) is 9.55. The van der Waals surface area contributed by atoms with Gasteiger partial charge in [0.15, 0.2) is 0 Å². The zero-order valence-corrected chi connectivity index (χ0v) is 14.9. The van der Waals surface area contributed by atoms with Gasteiger partial charge < -0.3 is 4.74 Å². The third-order valence-electron chi connectivity index (χ3n) is 6.79. The largest absolute Gasteiger partial charge is 0.469 e. The number of esters is 1. The summed E-state index contributed by atoms with van der Waals surface area (Å²) < 4.78 is 5.25. The van der Waals surface area contributed by atoms with Gasteiger partial charge in [-0.2, -0.15) is 0 Å². The maximum absolute atomic E-state index is 12.8. The van der Waals surface area contributed by atoms with E-state index in [0.29, 0.717) is 18.2 Å². The zero-order chi connectivity index (χ0) is 17.4. The van der Waals surface area contributed by atoms with Crippen molar-refractivity contribution in [3.8, 4) is 0 Å². The fourth-order valence-corrected chi connectivity index (χ4v) is 5.81. The normalized spacial score (nSPS) is 35.1. The van der Waals surface area contributed by atoms with E-state index < -0.39 is 5.41 Å². The first-order chi connectivity index (χ1) is 12.2. The van der Waals surface area contributed by atoms with E-state index in [9.17, 15) is 9.59 Å². The molecule has 0 radical (unpaired) electrons. The van der Waals surface area contributed by atoms with Gasteiger partial charge in [-0.1, -0.05) is 36.8 Å². The molecule has 134 valence electrons. The van der Waals surface area contributed by atoms with Gasteiger partial charge in [0.2, 0.25) is 0 Å². The van der Waals surface area contributed by atoms with Gasteiger partial charge in [0.1, 0.15) is 5.78 Å². The molecule has 3 aliphatic rings. The number of benzene rings is 1. The van der Waals surface area contributed by atoms with Crippen molar-refractivity contribution in [1.82, 2.24) is 4.90 Å². The number of rotatable bonds is 3. The number of hydrogen-bond donors (Lipinski definition) is 0. The predicted octanol–water partition coefficient (Wildman–Crippen LogP) is 3.20. The van der Waals surface area contributed by atoms with Crippen LogP contribution in [-0.2, 0) is 20.9 Å². The van der Waals surface area contributed by atoms with Crippen molar-refractivity contribution < 1.29 is 14.3 Å². The highest BCUT2D eigenvalue weighted by molar-refractivity contribution is 5.86. The van der Waals surface area contributed by atoms with Crippen molar-refractivity contribution in [2.45, 2.75) is 51.1 Å². The van der Waals surface area contributed by atoms with Gasteiger partial charge in [0, 0.05) is 37.4 Å². The molecule has 3 fully saturated rings. The van der Waals surface area contributed by atoms with Crippen molar-refractivity contribution in [1.29, 1.82) is 0 Å². The summed E-state index contributed by atoms with van der Waals surface area (Å²) in [4.78, 5) is 28.1. The monoisotopic (exact) mass is 341 g/mol. The van der Waals surface area contributed by atoms with Gasteiger partial charge in [-0.15, -0.1) is 0 Å². The number of nitrogens with zero attached hydrogens (tertiary/aromatic N) is 1. The van der Waals surface area contributed by atoms with Crippen LogP contribution in [0.1, 0.15) is 44.1 Å². The molecular weight excluding hydrogens is 314 g/mol. The molecule has 1 saturated heterocycles.